The maximum Gasteiger partial charge on any atom is 0.247 e. The van der Waals surface area contributed by atoms with Gasteiger partial charge in [-0.05, 0) is 87.2 Å². The summed E-state index contributed by atoms with van der Waals surface area (Å²) < 4.78 is 14.5. The normalized spacial score (nSPS) is 17.8. The van der Waals surface area contributed by atoms with E-state index in [2.05, 4.69) is 38.8 Å². The Hall–Kier alpha value is -1.77. The van der Waals surface area contributed by atoms with Crippen LogP contribution in [-0.2, 0) is 36.7 Å². The van der Waals surface area contributed by atoms with Crippen molar-refractivity contribution < 1.29 is 4.21 Å². The molecule has 8 heteroatoms. The molecular formula is C23H38N6OS. The summed E-state index contributed by atoms with van der Waals surface area (Å²) in [6.07, 6.45) is 9.27. The lowest BCUT2D eigenvalue weighted by atomic mass is 9.99. The van der Waals surface area contributed by atoms with E-state index in [1.54, 1.807) is 0 Å². The first-order valence-electron chi connectivity index (χ1n) is 11.9. The van der Waals surface area contributed by atoms with E-state index in [4.69, 9.17) is 0 Å². The summed E-state index contributed by atoms with van der Waals surface area (Å²) in [6, 6.07) is 2.42. The Morgan fingerprint density at radius 3 is 2.16 bits per heavy atom. The summed E-state index contributed by atoms with van der Waals surface area (Å²) in [4.78, 5) is 4.48. The topological polar surface area (TPSA) is 85.9 Å². The van der Waals surface area contributed by atoms with Crippen molar-refractivity contribution in [3.8, 4) is 0 Å². The van der Waals surface area contributed by atoms with Crippen molar-refractivity contribution in [2.75, 3.05) is 32.0 Å². The maximum absolute atomic E-state index is 12.6. The second-order valence-corrected chi connectivity index (χ2v) is 9.32. The number of nitrogens with one attached hydrogen (secondary N) is 3. The van der Waals surface area contributed by atoms with E-state index in [0.717, 1.165) is 45.3 Å². The zero-order valence-electron chi connectivity index (χ0n) is 19.5. The van der Waals surface area contributed by atoms with Gasteiger partial charge in [0.25, 0.3) is 0 Å². The van der Waals surface area contributed by atoms with E-state index < -0.39 is 11.0 Å². The lowest BCUT2D eigenvalue weighted by Crippen LogP contribution is -2.22. The van der Waals surface area contributed by atoms with Crippen LogP contribution in [0.25, 0.3) is 0 Å². The third-order valence-electron chi connectivity index (χ3n) is 5.99. The quantitative estimate of drug-likeness (QED) is 0.649. The van der Waals surface area contributed by atoms with Crippen molar-refractivity contribution in [1.82, 2.24) is 24.8 Å². The fourth-order valence-electron chi connectivity index (χ4n) is 4.44. The van der Waals surface area contributed by atoms with Crippen LogP contribution in [0, 0.1) is 0 Å². The van der Waals surface area contributed by atoms with E-state index in [-0.39, 0.29) is 0 Å². The van der Waals surface area contributed by atoms with Gasteiger partial charge in [-0.25, -0.2) is 13.6 Å². The van der Waals surface area contributed by atoms with Crippen molar-refractivity contribution in [2.45, 2.75) is 77.3 Å². The van der Waals surface area contributed by atoms with Gasteiger partial charge >= 0.3 is 0 Å². The number of hydrogen-bond donors (Lipinski definition) is 3. The Morgan fingerprint density at radius 2 is 1.61 bits per heavy atom. The van der Waals surface area contributed by atoms with Gasteiger partial charge in [-0.1, -0.05) is 26.8 Å². The van der Waals surface area contributed by atoms with Gasteiger partial charge in [0.1, 0.15) is 0 Å². The number of aromatic nitrogens is 3. The molecule has 0 radical (unpaired) electrons. The molecular weight excluding hydrogens is 408 g/mol. The maximum atomic E-state index is 12.6. The third-order valence-corrected chi connectivity index (χ3v) is 7.34. The van der Waals surface area contributed by atoms with Crippen LogP contribution < -0.4 is 10.6 Å². The first-order valence-corrected chi connectivity index (χ1v) is 13.0. The van der Waals surface area contributed by atoms with Gasteiger partial charge in [-0.3, -0.25) is 0 Å². The van der Waals surface area contributed by atoms with Gasteiger partial charge in [0, 0.05) is 18.8 Å². The minimum absolute atomic E-state index is 0.452. The highest BCUT2D eigenvalue weighted by molar-refractivity contribution is 7.82. The Labute approximate surface area is 189 Å². The molecule has 1 aromatic heterocycles. The van der Waals surface area contributed by atoms with Crippen LogP contribution in [0.2, 0.25) is 0 Å². The Balaban J connectivity index is 0.000000411. The predicted octanol–water partition coefficient (Wildman–Crippen LogP) is 3.90. The number of benzene rings is 1. The molecule has 2 aromatic rings. The van der Waals surface area contributed by atoms with Crippen molar-refractivity contribution >= 4 is 22.6 Å². The molecule has 0 spiro atoms. The van der Waals surface area contributed by atoms with Crippen LogP contribution >= 0.6 is 0 Å². The number of rotatable bonds is 5. The second kappa shape index (κ2) is 11.7. The van der Waals surface area contributed by atoms with Gasteiger partial charge in [-0.2, -0.15) is 4.98 Å². The monoisotopic (exact) mass is 446 g/mol. The van der Waals surface area contributed by atoms with Crippen molar-refractivity contribution in [3.63, 3.8) is 0 Å². The van der Waals surface area contributed by atoms with E-state index in [0.29, 0.717) is 11.1 Å². The van der Waals surface area contributed by atoms with Crippen LogP contribution in [0.5, 0.6) is 0 Å². The molecule has 172 valence electrons. The zero-order valence-corrected chi connectivity index (χ0v) is 20.3. The Kier molecular flexibility index (Phi) is 9.04. The van der Waals surface area contributed by atoms with Crippen LogP contribution in [0.3, 0.4) is 0 Å². The number of anilines is 2. The van der Waals surface area contributed by atoms with Gasteiger partial charge in [-0.15, -0.1) is 5.10 Å². The molecule has 0 amide bonds. The SMILES string of the molecule is CC.CCNC.O=S(c1nc(Nc2c3c(cc4c2CCC4)CCC3)n[nH]1)N1CCCC1. The molecule has 3 aliphatic rings. The first kappa shape index (κ1) is 23.9. The van der Waals surface area contributed by atoms with E-state index >= 15 is 0 Å². The Bertz CT molecular complexity index is 841. The molecule has 1 aliphatic heterocycles. The van der Waals surface area contributed by atoms with E-state index in [1.807, 2.05) is 25.2 Å². The van der Waals surface area contributed by atoms with Crippen LogP contribution in [-0.4, -0.2) is 50.4 Å². The molecule has 31 heavy (non-hydrogen) atoms. The predicted molar refractivity (Wildman–Crippen MR) is 128 cm³/mol. The van der Waals surface area contributed by atoms with Gasteiger partial charge in [0.05, 0.1) is 0 Å². The standard InChI is InChI=1S/C18H23N5OS.C3H9N.C2H6/c24-25(23-9-1-2-10-23)18-20-17(21-22-18)19-16-14-7-3-5-12(14)11-13-6-4-8-15(13)16;1-3-4-2;1-2/h11H,1-10H2,(H2,19,20,21,22);4H,3H2,1-2H3;1-2H3. The fourth-order valence-corrected chi connectivity index (χ4v) is 5.56. The second-order valence-electron chi connectivity index (χ2n) is 7.92. The minimum Gasteiger partial charge on any atom is -0.322 e. The lowest BCUT2D eigenvalue weighted by molar-refractivity contribution is 0.530. The number of nitrogens with zero attached hydrogens (tertiary/aromatic N) is 3. The van der Waals surface area contributed by atoms with E-state index in [1.165, 1.54) is 53.6 Å². The number of hydrogen-bond acceptors (Lipinski definition) is 5. The third kappa shape index (κ3) is 5.54. The molecule has 1 unspecified atom stereocenters. The molecule has 7 nitrogen and oxygen atoms in total. The summed E-state index contributed by atoms with van der Waals surface area (Å²) in [6.45, 7) is 8.88. The van der Waals surface area contributed by atoms with E-state index in [9.17, 15) is 4.21 Å². The molecule has 0 saturated carbocycles. The molecule has 2 heterocycles. The average molecular weight is 447 g/mol. The molecule has 2 aliphatic carbocycles. The summed E-state index contributed by atoms with van der Waals surface area (Å²) in [5, 5.41) is 14.0. The summed E-state index contributed by atoms with van der Waals surface area (Å²) in [7, 11) is 0.700. The van der Waals surface area contributed by atoms with Crippen molar-refractivity contribution in [2.24, 2.45) is 0 Å². The minimum atomic E-state index is -1.23. The average Bonchev–Trinajstić information content (AvgIpc) is 3.61. The number of aromatic amines is 1. The largest absolute Gasteiger partial charge is 0.322 e. The van der Waals surface area contributed by atoms with Crippen molar-refractivity contribution in [1.29, 1.82) is 0 Å². The Morgan fingerprint density at radius 1 is 1.03 bits per heavy atom. The summed E-state index contributed by atoms with van der Waals surface area (Å²) >= 11 is 0. The van der Waals surface area contributed by atoms with Gasteiger partial charge < -0.3 is 10.6 Å². The molecule has 3 N–H and O–H groups in total. The van der Waals surface area contributed by atoms with Crippen LogP contribution in [0.1, 0.15) is 68.7 Å². The summed E-state index contributed by atoms with van der Waals surface area (Å²) in [5.41, 5.74) is 7.07. The molecule has 0 bridgehead atoms. The lowest BCUT2D eigenvalue weighted by Gasteiger charge is -2.15. The van der Waals surface area contributed by atoms with Gasteiger partial charge in [0.2, 0.25) is 11.1 Å². The zero-order chi connectivity index (χ0) is 22.2. The molecule has 1 aromatic carbocycles. The number of H-pyrrole nitrogens is 1. The highest BCUT2D eigenvalue weighted by atomic mass is 32.2. The van der Waals surface area contributed by atoms with Crippen LogP contribution in [0.4, 0.5) is 11.6 Å². The summed E-state index contributed by atoms with van der Waals surface area (Å²) in [5.74, 6) is 0.539. The number of fused-ring (bicyclic) bond motifs is 2. The van der Waals surface area contributed by atoms with Crippen LogP contribution in [0.15, 0.2) is 11.2 Å². The highest BCUT2D eigenvalue weighted by Gasteiger charge is 2.26. The van der Waals surface area contributed by atoms with Crippen molar-refractivity contribution in [3.05, 3.63) is 28.3 Å². The smallest absolute Gasteiger partial charge is 0.247 e. The first-order chi connectivity index (χ1) is 15.2. The molecule has 5 rings (SSSR count). The molecule has 1 saturated heterocycles. The highest BCUT2D eigenvalue weighted by Crippen LogP contribution is 2.39. The molecule has 1 fully saturated rings. The van der Waals surface area contributed by atoms with Gasteiger partial charge in [0.15, 0.2) is 11.0 Å². The number of aryl methyl sites for hydroxylation is 2. The molecule has 1 atom stereocenters. The fraction of sp³-hybridized carbons (Fsp3) is 0.652.